The highest BCUT2D eigenvalue weighted by atomic mass is 32.2. The van der Waals surface area contributed by atoms with Crippen LogP contribution < -0.4 is 0 Å². The second kappa shape index (κ2) is 6.18. The molecule has 104 valence electrons. The van der Waals surface area contributed by atoms with Crippen molar-refractivity contribution in [3.05, 3.63) is 42.2 Å². The lowest BCUT2D eigenvalue weighted by Crippen LogP contribution is -2.31. The minimum absolute atomic E-state index is 0.0768. The van der Waals surface area contributed by atoms with Crippen molar-refractivity contribution >= 4 is 34.7 Å². The van der Waals surface area contributed by atoms with E-state index >= 15 is 0 Å². The summed E-state index contributed by atoms with van der Waals surface area (Å²) in [6.45, 7) is 1.70. The minimum atomic E-state index is 0.0768. The molecule has 20 heavy (non-hydrogen) atoms. The van der Waals surface area contributed by atoms with Gasteiger partial charge >= 0.3 is 0 Å². The molecule has 0 radical (unpaired) electrons. The van der Waals surface area contributed by atoms with Crippen LogP contribution in [-0.2, 0) is 4.79 Å². The highest BCUT2D eigenvalue weighted by molar-refractivity contribution is 7.99. The van der Waals surface area contributed by atoms with Gasteiger partial charge in [-0.2, -0.15) is 11.8 Å². The number of nitrogens with zero attached hydrogens (tertiary/aromatic N) is 1. The van der Waals surface area contributed by atoms with Crippen molar-refractivity contribution in [2.24, 2.45) is 0 Å². The first-order chi connectivity index (χ1) is 9.83. The maximum atomic E-state index is 12.1. The van der Waals surface area contributed by atoms with Crippen LogP contribution in [0.2, 0.25) is 0 Å². The molecule has 1 aromatic heterocycles. The van der Waals surface area contributed by atoms with Gasteiger partial charge in [0.15, 0.2) is 0 Å². The van der Waals surface area contributed by atoms with E-state index in [-0.39, 0.29) is 5.91 Å². The minimum Gasteiger partial charge on any atom is -0.457 e. The SMILES string of the molecule is O=C(C=Cc1cc2ccccc2o1)N1CCCSCC1. The molecule has 0 saturated carbocycles. The number of carbonyl (C=O) groups excluding carboxylic acids is 1. The van der Waals surface area contributed by atoms with Crippen LogP contribution in [0, 0.1) is 0 Å². The average molecular weight is 287 g/mol. The smallest absolute Gasteiger partial charge is 0.246 e. The summed E-state index contributed by atoms with van der Waals surface area (Å²) >= 11 is 1.92. The topological polar surface area (TPSA) is 33.5 Å². The maximum absolute atomic E-state index is 12.1. The first-order valence-electron chi connectivity index (χ1n) is 6.86. The van der Waals surface area contributed by atoms with Crippen molar-refractivity contribution in [3.63, 3.8) is 0 Å². The molecule has 1 fully saturated rings. The molecule has 1 aliphatic heterocycles. The Morgan fingerprint density at radius 2 is 2.15 bits per heavy atom. The zero-order chi connectivity index (χ0) is 13.8. The van der Waals surface area contributed by atoms with Gasteiger partial charge in [0.25, 0.3) is 0 Å². The predicted molar refractivity (Wildman–Crippen MR) is 83.8 cm³/mol. The summed E-state index contributed by atoms with van der Waals surface area (Å²) in [6.07, 6.45) is 4.46. The van der Waals surface area contributed by atoms with Crippen molar-refractivity contribution in [1.29, 1.82) is 0 Å². The third-order valence-electron chi connectivity index (χ3n) is 3.37. The highest BCUT2D eigenvalue weighted by Gasteiger charge is 2.13. The van der Waals surface area contributed by atoms with Gasteiger partial charge in [0.2, 0.25) is 5.91 Å². The van der Waals surface area contributed by atoms with E-state index in [9.17, 15) is 4.79 Å². The van der Waals surface area contributed by atoms with Gasteiger partial charge in [-0.25, -0.2) is 0 Å². The van der Waals surface area contributed by atoms with Crippen LogP contribution in [0.5, 0.6) is 0 Å². The van der Waals surface area contributed by atoms with Gasteiger partial charge in [0, 0.05) is 30.3 Å². The Bertz CT molecular complexity index is 591. The molecule has 0 spiro atoms. The van der Waals surface area contributed by atoms with Crippen LogP contribution in [-0.4, -0.2) is 35.4 Å². The number of hydrogen-bond donors (Lipinski definition) is 0. The van der Waals surface area contributed by atoms with Crippen LogP contribution >= 0.6 is 11.8 Å². The van der Waals surface area contributed by atoms with Crippen molar-refractivity contribution in [1.82, 2.24) is 4.90 Å². The number of hydrogen-bond acceptors (Lipinski definition) is 3. The van der Waals surface area contributed by atoms with Crippen molar-refractivity contribution in [2.75, 3.05) is 24.6 Å². The molecule has 0 N–H and O–H groups in total. The maximum Gasteiger partial charge on any atom is 0.246 e. The summed E-state index contributed by atoms with van der Waals surface area (Å²) in [5.41, 5.74) is 0.853. The number of para-hydroxylation sites is 1. The summed E-state index contributed by atoms with van der Waals surface area (Å²) in [7, 11) is 0. The second-order valence-corrected chi connectivity index (χ2v) is 6.04. The molecule has 0 bridgehead atoms. The fourth-order valence-corrected chi connectivity index (χ4v) is 3.20. The van der Waals surface area contributed by atoms with Crippen LogP contribution in [0.1, 0.15) is 12.2 Å². The largest absolute Gasteiger partial charge is 0.457 e. The molecular formula is C16H17NO2S. The van der Waals surface area contributed by atoms with Gasteiger partial charge in [-0.15, -0.1) is 0 Å². The van der Waals surface area contributed by atoms with Gasteiger partial charge in [-0.1, -0.05) is 18.2 Å². The van der Waals surface area contributed by atoms with Gasteiger partial charge in [-0.05, 0) is 30.4 Å². The number of furan rings is 1. The van der Waals surface area contributed by atoms with Crippen LogP contribution in [0.3, 0.4) is 0 Å². The van der Waals surface area contributed by atoms with Gasteiger partial charge in [0.05, 0.1) is 0 Å². The third-order valence-corrected chi connectivity index (χ3v) is 4.42. The fourth-order valence-electron chi connectivity index (χ4n) is 2.31. The van der Waals surface area contributed by atoms with Gasteiger partial charge in [0.1, 0.15) is 11.3 Å². The van der Waals surface area contributed by atoms with E-state index in [1.807, 2.05) is 47.0 Å². The Balaban J connectivity index is 1.70. The number of fused-ring (bicyclic) bond motifs is 1. The van der Waals surface area contributed by atoms with E-state index in [1.54, 1.807) is 12.2 Å². The molecule has 3 rings (SSSR count). The van der Waals surface area contributed by atoms with E-state index in [0.29, 0.717) is 0 Å². The monoisotopic (exact) mass is 287 g/mol. The first-order valence-corrected chi connectivity index (χ1v) is 8.02. The Labute approximate surface area is 122 Å². The van der Waals surface area contributed by atoms with E-state index in [0.717, 1.165) is 47.7 Å². The second-order valence-electron chi connectivity index (χ2n) is 4.81. The zero-order valence-electron chi connectivity index (χ0n) is 11.2. The molecule has 0 aliphatic carbocycles. The van der Waals surface area contributed by atoms with E-state index in [1.165, 1.54) is 0 Å². The Morgan fingerprint density at radius 3 is 3.05 bits per heavy atom. The van der Waals surface area contributed by atoms with E-state index in [2.05, 4.69) is 0 Å². The normalized spacial score (nSPS) is 16.7. The number of benzene rings is 1. The fraction of sp³-hybridized carbons (Fsp3) is 0.312. The Morgan fingerprint density at radius 1 is 1.25 bits per heavy atom. The number of rotatable bonds is 2. The molecule has 0 atom stereocenters. The molecule has 1 saturated heterocycles. The molecule has 1 aliphatic rings. The molecule has 2 aromatic rings. The zero-order valence-corrected chi connectivity index (χ0v) is 12.1. The lowest BCUT2D eigenvalue weighted by Gasteiger charge is -2.17. The molecule has 2 heterocycles. The summed E-state index contributed by atoms with van der Waals surface area (Å²) in [6, 6.07) is 9.81. The first kappa shape index (κ1) is 13.3. The van der Waals surface area contributed by atoms with Gasteiger partial charge < -0.3 is 9.32 Å². The molecule has 0 unspecified atom stereocenters. The number of carbonyl (C=O) groups is 1. The molecule has 1 aromatic carbocycles. The number of thioether (sulfide) groups is 1. The molecule has 1 amide bonds. The lowest BCUT2D eigenvalue weighted by molar-refractivity contribution is -0.125. The summed E-state index contributed by atoms with van der Waals surface area (Å²) in [5.74, 6) is 2.98. The quantitative estimate of drug-likeness (QED) is 0.794. The van der Waals surface area contributed by atoms with Crippen LogP contribution in [0.15, 0.2) is 40.8 Å². The number of amides is 1. The summed E-state index contributed by atoms with van der Waals surface area (Å²) in [4.78, 5) is 14.0. The average Bonchev–Trinajstić information content (AvgIpc) is 2.69. The molecule has 3 nitrogen and oxygen atoms in total. The highest BCUT2D eigenvalue weighted by Crippen LogP contribution is 2.19. The van der Waals surface area contributed by atoms with Crippen molar-refractivity contribution in [3.8, 4) is 0 Å². The van der Waals surface area contributed by atoms with Crippen LogP contribution in [0.4, 0.5) is 0 Å². The predicted octanol–water partition coefficient (Wildman–Crippen LogP) is 3.41. The standard InChI is InChI=1S/C16H17NO2S/c18-16(17-8-3-10-20-11-9-17)7-6-14-12-13-4-1-2-5-15(13)19-14/h1-2,4-7,12H,3,8-11H2. The summed E-state index contributed by atoms with van der Waals surface area (Å²) < 4.78 is 5.67. The van der Waals surface area contributed by atoms with E-state index < -0.39 is 0 Å². The van der Waals surface area contributed by atoms with Crippen molar-refractivity contribution < 1.29 is 9.21 Å². The Kier molecular flexibility index (Phi) is 4.11. The lowest BCUT2D eigenvalue weighted by atomic mass is 10.2. The summed E-state index contributed by atoms with van der Waals surface area (Å²) in [5, 5.41) is 1.06. The van der Waals surface area contributed by atoms with Gasteiger partial charge in [-0.3, -0.25) is 4.79 Å². The molecule has 4 heteroatoms. The van der Waals surface area contributed by atoms with Crippen molar-refractivity contribution in [2.45, 2.75) is 6.42 Å². The third kappa shape index (κ3) is 3.07. The van der Waals surface area contributed by atoms with Crippen LogP contribution in [0.25, 0.3) is 17.0 Å². The molecular weight excluding hydrogens is 270 g/mol. The van der Waals surface area contributed by atoms with E-state index in [4.69, 9.17) is 4.42 Å². The Hall–Kier alpha value is -1.68.